The van der Waals surface area contributed by atoms with E-state index in [0.29, 0.717) is 36.6 Å². The molecule has 0 bridgehead atoms. The van der Waals surface area contributed by atoms with Crippen LogP contribution in [0.1, 0.15) is 19.3 Å². The zero-order valence-electron chi connectivity index (χ0n) is 13.1. The number of likely N-dealkylation sites (tertiary alicyclic amines) is 1. The first kappa shape index (κ1) is 17.0. The topological polar surface area (TPSA) is 41.9 Å². The van der Waals surface area contributed by atoms with Crippen molar-refractivity contribution in [1.82, 2.24) is 4.90 Å². The Balaban J connectivity index is 1.52. The molecule has 1 N–H and O–H groups in total. The van der Waals surface area contributed by atoms with Gasteiger partial charge in [0.05, 0.1) is 17.7 Å². The largest absolute Gasteiger partial charge is 0.491 e. The number of benzene rings is 1. The van der Waals surface area contributed by atoms with Crippen LogP contribution in [0.3, 0.4) is 0 Å². The van der Waals surface area contributed by atoms with E-state index < -0.39 is 0 Å². The van der Waals surface area contributed by atoms with Gasteiger partial charge in [0.2, 0.25) is 0 Å². The lowest BCUT2D eigenvalue weighted by Crippen LogP contribution is -2.47. The monoisotopic (exact) mass is 343 g/mol. The molecule has 0 aromatic heterocycles. The van der Waals surface area contributed by atoms with Gasteiger partial charge in [0.15, 0.2) is 0 Å². The van der Waals surface area contributed by atoms with E-state index in [0.717, 1.165) is 32.4 Å². The van der Waals surface area contributed by atoms with Gasteiger partial charge in [-0.05, 0) is 44.0 Å². The molecule has 3 atom stereocenters. The highest BCUT2D eigenvalue weighted by Crippen LogP contribution is 2.30. The maximum Gasteiger partial charge on any atom is 0.138 e. The quantitative estimate of drug-likeness (QED) is 0.892. The number of aliphatic hydroxyl groups excluding tert-OH is 1. The molecule has 2 aliphatic rings. The first-order chi connectivity index (χ1) is 11.1. The normalized spacial score (nSPS) is 28.9. The van der Waals surface area contributed by atoms with E-state index in [1.165, 1.54) is 12.1 Å². The summed E-state index contributed by atoms with van der Waals surface area (Å²) in [5, 5.41) is 10.5. The molecule has 0 aliphatic carbocycles. The summed E-state index contributed by atoms with van der Waals surface area (Å²) in [6.45, 7) is 3.55. The zero-order valence-corrected chi connectivity index (χ0v) is 13.8. The second kappa shape index (κ2) is 7.79. The number of hydrogen-bond acceptors (Lipinski definition) is 4. The summed E-state index contributed by atoms with van der Waals surface area (Å²) in [6.07, 6.45) is 2.66. The van der Waals surface area contributed by atoms with Gasteiger partial charge in [0, 0.05) is 25.1 Å². The van der Waals surface area contributed by atoms with Crippen LogP contribution in [0.2, 0.25) is 5.02 Å². The Kier molecular flexibility index (Phi) is 5.75. The van der Waals surface area contributed by atoms with Crippen LogP contribution in [-0.2, 0) is 4.74 Å². The molecule has 0 unspecified atom stereocenters. The Morgan fingerprint density at radius 2 is 2.26 bits per heavy atom. The third-order valence-corrected chi connectivity index (χ3v) is 5.10. The highest BCUT2D eigenvalue weighted by Gasteiger charge is 2.37. The summed E-state index contributed by atoms with van der Waals surface area (Å²) in [6, 6.07) is 4.50. The first-order valence-electron chi connectivity index (χ1n) is 8.23. The zero-order chi connectivity index (χ0) is 16.2. The highest BCUT2D eigenvalue weighted by atomic mass is 35.5. The number of halogens is 2. The third-order valence-electron chi connectivity index (χ3n) is 4.80. The van der Waals surface area contributed by atoms with Crippen molar-refractivity contribution in [1.29, 1.82) is 0 Å². The Labute approximate surface area is 141 Å². The van der Waals surface area contributed by atoms with Gasteiger partial charge in [-0.1, -0.05) is 11.6 Å². The molecule has 128 valence electrons. The average molecular weight is 344 g/mol. The number of nitrogens with zero attached hydrogens (tertiary/aromatic N) is 1. The van der Waals surface area contributed by atoms with Gasteiger partial charge in [-0.3, -0.25) is 4.90 Å². The molecule has 1 aromatic carbocycles. The van der Waals surface area contributed by atoms with Crippen LogP contribution in [0.25, 0.3) is 0 Å². The minimum absolute atomic E-state index is 0.181. The van der Waals surface area contributed by atoms with Gasteiger partial charge in [0.1, 0.15) is 18.2 Å². The smallest absolute Gasteiger partial charge is 0.138 e. The van der Waals surface area contributed by atoms with Gasteiger partial charge in [-0.2, -0.15) is 0 Å². The predicted molar refractivity (Wildman–Crippen MR) is 86.4 cm³/mol. The summed E-state index contributed by atoms with van der Waals surface area (Å²) in [5.41, 5.74) is 0. The van der Waals surface area contributed by atoms with Crippen molar-refractivity contribution in [3.63, 3.8) is 0 Å². The van der Waals surface area contributed by atoms with Gasteiger partial charge < -0.3 is 14.6 Å². The van der Waals surface area contributed by atoms with E-state index in [4.69, 9.17) is 21.1 Å². The van der Waals surface area contributed by atoms with Crippen LogP contribution >= 0.6 is 11.6 Å². The van der Waals surface area contributed by atoms with Crippen molar-refractivity contribution in [3.8, 4) is 5.75 Å². The molecule has 23 heavy (non-hydrogen) atoms. The molecule has 0 spiro atoms. The van der Waals surface area contributed by atoms with E-state index >= 15 is 0 Å². The van der Waals surface area contributed by atoms with Crippen molar-refractivity contribution in [2.45, 2.75) is 31.4 Å². The van der Waals surface area contributed by atoms with E-state index in [1.807, 2.05) is 0 Å². The van der Waals surface area contributed by atoms with E-state index in [-0.39, 0.29) is 17.8 Å². The number of rotatable bonds is 5. The fraction of sp³-hybridized carbons (Fsp3) is 0.647. The summed E-state index contributed by atoms with van der Waals surface area (Å²) in [4.78, 5) is 2.36. The van der Waals surface area contributed by atoms with Crippen LogP contribution in [0, 0.1) is 11.7 Å². The lowest BCUT2D eigenvalue weighted by atomic mass is 9.89. The van der Waals surface area contributed by atoms with Crippen LogP contribution in [0.5, 0.6) is 5.75 Å². The summed E-state index contributed by atoms with van der Waals surface area (Å²) in [5.74, 6) is 0.318. The van der Waals surface area contributed by atoms with E-state index in [9.17, 15) is 9.50 Å². The molecular formula is C17H23ClFNO3. The van der Waals surface area contributed by atoms with Crippen molar-refractivity contribution in [2.75, 3.05) is 32.9 Å². The van der Waals surface area contributed by atoms with Crippen molar-refractivity contribution < 1.29 is 19.0 Å². The predicted octanol–water partition coefficient (Wildman–Crippen LogP) is 2.72. The van der Waals surface area contributed by atoms with Crippen LogP contribution < -0.4 is 4.74 Å². The molecule has 6 heteroatoms. The first-order valence-corrected chi connectivity index (χ1v) is 8.60. The molecule has 2 heterocycles. The van der Waals surface area contributed by atoms with Crippen molar-refractivity contribution in [3.05, 3.63) is 29.0 Å². The Bertz CT molecular complexity index is 531. The van der Waals surface area contributed by atoms with E-state index in [1.54, 1.807) is 6.07 Å². The van der Waals surface area contributed by atoms with Crippen LogP contribution in [-0.4, -0.2) is 55.1 Å². The molecule has 0 radical (unpaired) electrons. The van der Waals surface area contributed by atoms with E-state index in [2.05, 4.69) is 4.90 Å². The molecule has 0 amide bonds. The molecule has 2 fully saturated rings. The van der Waals surface area contributed by atoms with Crippen LogP contribution in [0.15, 0.2) is 18.2 Å². The second-order valence-electron chi connectivity index (χ2n) is 6.26. The highest BCUT2D eigenvalue weighted by molar-refractivity contribution is 6.32. The van der Waals surface area contributed by atoms with Gasteiger partial charge >= 0.3 is 0 Å². The fourth-order valence-electron chi connectivity index (χ4n) is 3.60. The maximum absolute atomic E-state index is 13.0. The van der Waals surface area contributed by atoms with Gasteiger partial charge in [-0.15, -0.1) is 0 Å². The van der Waals surface area contributed by atoms with Gasteiger partial charge in [-0.25, -0.2) is 4.39 Å². The van der Waals surface area contributed by atoms with Crippen LogP contribution in [0.4, 0.5) is 4.39 Å². The molecule has 3 rings (SSSR count). The molecule has 0 saturated carbocycles. The number of hydrogen-bond donors (Lipinski definition) is 1. The second-order valence-corrected chi connectivity index (χ2v) is 6.67. The molecule has 2 saturated heterocycles. The lowest BCUT2D eigenvalue weighted by molar-refractivity contribution is -0.0634. The minimum Gasteiger partial charge on any atom is -0.491 e. The summed E-state index contributed by atoms with van der Waals surface area (Å²) >= 11 is 5.97. The fourth-order valence-corrected chi connectivity index (χ4v) is 3.82. The molecule has 4 nitrogen and oxygen atoms in total. The SMILES string of the molecule is O[C@@H]1CCOC[C@@H]1[C@@H]1CCCN1CCOc1ccc(F)cc1Cl. The number of aliphatic hydroxyl groups is 1. The molecule has 2 aliphatic heterocycles. The standard InChI is InChI=1S/C17H23ClFNO3/c18-14-10-12(19)3-4-17(14)23-9-7-20-6-1-2-15(20)13-11-22-8-5-16(13)21/h3-4,10,13,15-16,21H,1-2,5-9,11H2/t13-,15+,16-/m1/s1. The lowest BCUT2D eigenvalue weighted by Gasteiger charge is -2.37. The van der Waals surface area contributed by atoms with Crippen molar-refractivity contribution in [2.24, 2.45) is 5.92 Å². The molecular weight excluding hydrogens is 321 g/mol. The minimum atomic E-state index is -0.367. The summed E-state index contributed by atoms with van der Waals surface area (Å²) in [7, 11) is 0. The van der Waals surface area contributed by atoms with Gasteiger partial charge in [0.25, 0.3) is 0 Å². The Hall–Kier alpha value is -0.880. The van der Waals surface area contributed by atoms with Crippen molar-refractivity contribution >= 4 is 11.6 Å². The number of ether oxygens (including phenoxy) is 2. The average Bonchev–Trinajstić information content (AvgIpc) is 2.98. The molecule has 1 aromatic rings. The Morgan fingerprint density at radius 3 is 3.04 bits per heavy atom. The third kappa shape index (κ3) is 4.15. The maximum atomic E-state index is 13.0. The summed E-state index contributed by atoms with van der Waals surface area (Å²) < 4.78 is 24.3. The Morgan fingerprint density at radius 1 is 1.39 bits per heavy atom.